The summed E-state index contributed by atoms with van der Waals surface area (Å²) in [6, 6.07) is 13.6. The van der Waals surface area contributed by atoms with Crippen LogP contribution in [0.1, 0.15) is 20.0 Å². The van der Waals surface area contributed by atoms with E-state index in [-0.39, 0.29) is 36.5 Å². The summed E-state index contributed by atoms with van der Waals surface area (Å²) in [5.74, 6) is -0.664. The van der Waals surface area contributed by atoms with Gasteiger partial charge in [-0.1, -0.05) is 17.7 Å². The number of carbonyl (C=O) groups is 3. The van der Waals surface area contributed by atoms with E-state index in [1.807, 2.05) is 0 Å². The minimum atomic E-state index is -0.498. The normalized spacial score (nSPS) is 17.2. The molecule has 182 valence electrons. The predicted molar refractivity (Wildman–Crippen MR) is 135 cm³/mol. The van der Waals surface area contributed by atoms with Gasteiger partial charge in [0.25, 0.3) is 17.4 Å². The Kier molecular flexibility index (Phi) is 7.23. The number of benzene rings is 1. The lowest BCUT2D eigenvalue weighted by atomic mass is 10.1. The van der Waals surface area contributed by atoms with Crippen LogP contribution in [0, 0.1) is 0 Å². The predicted octanol–water partition coefficient (Wildman–Crippen LogP) is 2.45. The highest BCUT2D eigenvalue weighted by Gasteiger charge is 2.38. The van der Waals surface area contributed by atoms with Gasteiger partial charge < -0.3 is 20.4 Å². The summed E-state index contributed by atoms with van der Waals surface area (Å²) in [6.07, 6.45) is 1.65. The fourth-order valence-corrected chi connectivity index (χ4v) is 4.82. The van der Waals surface area contributed by atoms with Gasteiger partial charge in [-0.2, -0.15) is 0 Å². The summed E-state index contributed by atoms with van der Waals surface area (Å²) >= 11 is 7.11. The molecule has 11 heteroatoms. The Morgan fingerprint density at radius 2 is 1.60 bits per heavy atom. The monoisotopic (exact) mass is 513 g/mol. The molecule has 0 aliphatic carbocycles. The third-order valence-corrected chi connectivity index (χ3v) is 6.86. The number of hydrogen-bond acceptors (Lipinski definition) is 5. The van der Waals surface area contributed by atoms with Crippen LogP contribution < -0.4 is 16.2 Å². The fourth-order valence-electron chi connectivity index (χ4n) is 3.88. The Morgan fingerprint density at radius 3 is 2.17 bits per heavy atom. The van der Waals surface area contributed by atoms with Gasteiger partial charge in [0, 0.05) is 50.7 Å². The summed E-state index contributed by atoms with van der Waals surface area (Å²) in [5.41, 5.74) is 0.854. The summed E-state index contributed by atoms with van der Waals surface area (Å²) < 4.78 is 1.98. The molecule has 0 saturated carbocycles. The summed E-state index contributed by atoms with van der Waals surface area (Å²) in [4.78, 5) is 53.8. The second-order valence-corrected chi connectivity index (χ2v) is 10.0. The zero-order valence-electron chi connectivity index (χ0n) is 19.1. The largest absolute Gasteiger partial charge is 0.345 e. The van der Waals surface area contributed by atoms with Crippen molar-refractivity contribution in [2.24, 2.45) is 0 Å². The van der Waals surface area contributed by atoms with Crippen molar-refractivity contribution in [2.45, 2.75) is 12.1 Å². The molecule has 9 nitrogen and oxygen atoms in total. The van der Waals surface area contributed by atoms with E-state index < -0.39 is 12.1 Å². The number of urea groups is 1. The van der Waals surface area contributed by atoms with Gasteiger partial charge >= 0.3 is 6.03 Å². The average Bonchev–Trinajstić information content (AvgIpc) is 3.45. The molecule has 1 fully saturated rings. The molecular weight excluding hydrogens is 490 g/mol. The van der Waals surface area contributed by atoms with Crippen LogP contribution in [0.15, 0.2) is 65.6 Å². The van der Waals surface area contributed by atoms with Crippen molar-refractivity contribution in [1.82, 2.24) is 25.0 Å². The van der Waals surface area contributed by atoms with Crippen molar-refractivity contribution in [2.75, 3.05) is 27.2 Å². The number of nitrogens with one attached hydrogen (secondary N) is 2. The number of halogens is 1. The van der Waals surface area contributed by atoms with Gasteiger partial charge in [-0.05, 0) is 42.5 Å². The number of hydrogen-bond donors (Lipinski definition) is 2. The maximum absolute atomic E-state index is 13.0. The Hall–Kier alpha value is -3.63. The molecule has 4 rings (SSSR count). The molecule has 0 bridgehead atoms. The number of thiophene rings is 1. The molecule has 2 aromatic heterocycles. The van der Waals surface area contributed by atoms with Crippen molar-refractivity contribution in [3.05, 3.63) is 85.9 Å². The topological polar surface area (TPSA) is 104 Å². The van der Waals surface area contributed by atoms with Gasteiger partial charge in [0.2, 0.25) is 0 Å². The molecular formula is C24H24ClN5O4S. The van der Waals surface area contributed by atoms with E-state index in [2.05, 4.69) is 10.6 Å². The second kappa shape index (κ2) is 10.3. The summed E-state index contributed by atoms with van der Waals surface area (Å²) in [7, 11) is 3.30. The highest BCUT2D eigenvalue weighted by molar-refractivity contribution is 7.18. The number of pyridine rings is 1. The highest BCUT2D eigenvalue weighted by Crippen LogP contribution is 2.22. The van der Waals surface area contributed by atoms with E-state index in [1.165, 1.54) is 15.5 Å². The van der Waals surface area contributed by atoms with Crippen molar-refractivity contribution < 1.29 is 14.4 Å². The molecule has 1 aliphatic rings. The van der Waals surface area contributed by atoms with Gasteiger partial charge in [-0.3, -0.25) is 19.0 Å². The number of likely N-dealkylation sites (tertiary alicyclic amines) is 1. The van der Waals surface area contributed by atoms with Crippen LogP contribution in [0.25, 0.3) is 5.69 Å². The molecule has 0 spiro atoms. The smallest absolute Gasteiger partial charge is 0.319 e. The molecule has 0 unspecified atom stereocenters. The first kappa shape index (κ1) is 24.5. The second-order valence-electron chi connectivity index (χ2n) is 8.30. The van der Waals surface area contributed by atoms with E-state index in [0.717, 1.165) is 11.3 Å². The highest BCUT2D eigenvalue weighted by atomic mass is 35.5. The lowest BCUT2D eigenvalue weighted by molar-refractivity contribution is 0.0898. The van der Waals surface area contributed by atoms with E-state index in [4.69, 9.17) is 11.6 Å². The van der Waals surface area contributed by atoms with E-state index >= 15 is 0 Å². The van der Waals surface area contributed by atoms with Gasteiger partial charge in [-0.15, -0.1) is 11.3 Å². The van der Waals surface area contributed by atoms with Crippen molar-refractivity contribution in [3.63, 3.8) is 0 Å². The molecule has 0 radical (unpaired) electrons. The summed E-state index contributed by atoms with van der Waals surface area (Å²) in [6.45, 7) is 0.499. The van der Waals surface area contributed by atoms with Crippen molar-refractivity contribution in [3.8, 4) is 5.69 Å². The van der Waals surface area contributed by atoms with Crippen molar-refractivity contribution >= 4 is 40.8 Å². The molecule has 35 heavy (non-hydrogen) atoms. The number of nitrogens with zero attached hydrogens (tertiary/aromatic N) is 3. The van der Waals surface area contributed by atoms with Crippen LogP contribution in [-0.4, -0.2) is 71.5 Å². The molecule has 3 heterocycles. The third-order valence-electron chi connectivity index (χ3n) is 5.63. The minimum absolute atomic E-state index is 0.174. The molecule has 4 amide bonds. The number of amides is 4. The van der Waals surface area contributed by atoms with Gasteiger partial charge in [-0.25, -0.2) is 4.79 Å². The first-order chi connectivity index (χ1) is 16.7. The Labute approximate surface area is 210 Å². The first-order valence-corrected chi connectivity index (χ1v) is 12.0. The van der Waals surface area contributed by atoms with E-state index in [0.29, 0.717) is 20.5 Å². The molecule has 3 aromatic rings. The lowest BCUT2D eigenvalue weighted by Crippen LogP contribution is -2.50. The first-order valence-electron chi connectivity index (χ1n) is 10.8. The van der Waals surface area contributed by atoms with E-state index in [1.54, 1.807) is 73.7 Å². The van der Waals surface area contributed by atoms with E-state index in [9.17, 15) is 19.2 Å². The number of carbonyl (C=O) groups excluding carboxylic acids is 3. The van der Waals surface area contributed by atoms with Crippen LogP contribution in [0.3, 0.4) is 0 Å². The lowest BCUT2D eigenvalue weighted by Gasteiger charge is -2.21. The molecule has 1 aromatic carbocycles. The van der Waals surface area contributed by atoms with Crippen LogP contribution in [0.5, 0.6) is 0 Å². The Bertz CT molecular complexity index is 1300. The Morgan fingerprint density at radius 1 is 0.943 bits per heavy atom. The summed E-state index contributed by atoms with van der Waals surface area (Å²) in [5, 5.41) is 5.87. The maximum atomic E-state index is 13.0. The fraction of sp³-hybridized carbons (Fsp3) is 0.250. The van der Waals surface area contributed by atoms with Gasteiger partial charge in [0.05, 0.1) is 21.3 Å². The standard InChI is InChI=1S/C24H24ClN5O4S/c1-28(2)24(34)29-13-17(18(14-29)27-23(33)19-10-11-20(25)35-19)26-22(32)15-6-8-16(9-7-15)30-12-4-3-5-21(30)31/h3-12,17-18H,13-14H2,1-2H3,(H,26,32)(H,27,33)/t17-,18+/m0/s1. The van der Waals surface area contributed by atoms with Crippen LogP contribution in [0.4, 0.5) is 4.79 Å². The quantitative estimate of drug-likeness (QED) is 0.547. The zero-order chi connectivity index (χ0) is 25.1. The van der Waals surface area contributed by atoms with Crippen LogP contribution >= 0.6 is 22.9 Å². The molecule has 1 saturated heterocycles. The van der Waals surface area contributed by atoms with Gasteiger partial charge in [0.1, 0.15) is 0 Å². The number of rotatable bonds is 5. The maximum Gasteiger partial charge on any atom is 0.319 e. The minimum Gasteiger partial charge on any atom is -0.345 e. The van der Waals surface area contributed by atoms with Crippen LogP contribution in [-0.2, 0) is 0 Å². The third kappa shape index (κ3) is 5.55. The SMILES string of the molecule is CN(C)C(=O)N1C[C@H](NC(=O)c2ccc(-n3ccccc3=O)cc2)[C@H](NC(=O)c2ccc(Cl)s2)C1. The molecule has 2 N–H and O–H groups in total. The van der Waals surface area contributed by atoms with Gasteiger partial charge in [0.15, 0.2) is 0 Å². The molecule has 2 atom stereocenters. The van der Waals surface area contributed by atoms with Crippen LogP contribution in [0.2, 0.25) is 4.34 Å². The number of aromatic nitrogens is 1. The Balaban J connectivity index is 1.49. The zero-order valence-corrected chi connectivity index (χ0v) is 20.7. The average molecular weight is 514 g/mol. The van der Waals surface area contributed by atoms with Crippen molar-refractivity contribution in [1.29, 1.82) is 0 Å². The molecule has 1 aliphatic heterocycles.